The Labute approximate surface area is 229 Å². The van der Waals surface area contributed by atoms with E-state index in [2.05, 4.69) is 9.97 Å². The number of ether oxygens (including phenoxy) is 4. The largest absolute Gasteiger partial charge is 0.495 e. The predicted molar refractivity (Wildman–Crippen MR) is 142 cm³/mol. The summed E-state index contributed by atoms with van der Waals surface area (Å²) < 4.78 is 20.9. The molecule has 0 unspecified atom stereocenters. The molecule has 0 atom stereocenters. The highest BCUT2D eigenvalue weighted by Crippen LogP contribution is 2.40. The third-order valence-corrected chi connectivity index (χ3v) is 6.43. The summed E-state index contributed by atoms with van der Waals surface area (Å²) in [7, 11) is 5.97. The number of amides is 1. The zero-order chi connectivity index (χ0) is 27.8. The summed E-state index contributed by atoms with van der Waals surface area (Å²) in [5.74, 6) is 0.929. The molecule has 0 saturated heterocycles. The maximum absolute atomic E-state index is 13.1. The van der Waals surface area contributed by atoms with E-state index in [1.54, 1.807) is 25.2 Å². The molecule has 0 aliphatic carbocycles. The Morgan fingerprint density at radius 2 is 1.71 bits per heavy atom. The number of halogens is 2. The van der Waals surface area contributed by atoms with Crippen LogP contribution in [0.2, 0.25) is 10.0 Å². The molecule has 38 heavy (non-hydrogen) atoms. The summed E-state index contributed by atoms with van der Waals surface area (Å²) >= 11 is 12.8. The Morgan fingerprint density at radius 1 is 1.03 bits per heavy atom. The normalized spacial score (nSPS) is 10.7. The molecular weight excluding hydrogens is 539 g/mol. The summed E-state index contributed by atoms with van der Waals surface area (Å²) in [6.45, 7) is 0.622. The second-order valence-corrected chi connectivity index (χ2v) is 8.71. The Hall–Kier alpha value is -3.67. The van der Waals surface area contributed by atoms with Crippen LogP contribution >= 0.6 is 23.2 Å². The first-order valence-corrected chi connectivity index (χ1v) is 12.0. The molecule has 202 valence electrons. The van der Waals surface area contributed by atoms with Crippen LogP contribution in [0, 0.1) is 10.1 Å². The number of nitro benzene ring substituents is 1. The molecule has 1 aromatic heterocycles. The molecule has 3 aromatic rings. The van der Waals surface area contributed by atoms with Gasteiger partial charge < -0.3 is 18.9 Å². The molecule has 0 spiro atoms. The van der Waals surface area contributed by atoms with Crippen molar-refractivity contribution in [1.82, 2.24) is 9.97 Å². The lowest BCUT2D eigenvalue weighted by atomic mass is 10.1. The quantitative estimate of drug-likeness (QED) is 0.177. The lowest BCUT2D eigenvalue weighted by Crippen LogP contribution is -2.29. The van der Waals surface area contributed by atoms with Crippen LogP contribution in [0.1, 0.15) is 16.8 Å². The number of hydrogen-bond acceptors (Lipinski definition) is 9. The van der Waals surface area contributed by atoms with Crippen LogP contribution < -0.4 is 19.1 Å². The minimum atomic E-state index is -0.480. The second kappa shape index (κ2) is 13.2. The molecule has 0 N–H and O–H groups in total. The van der Waals surface area contributed by atoms with Gasteiger partial charge in [0.1, 0.15) is 36.0 Å². The van der Waals surface area contributed by atoms with Crippen molar-refractivity contribution < 1.29 is 28.7 Å². The number of carbonyl (C=O) groups excluding carboxylic acids is 1. The molecule has 0 bridgehead atoms. The zero-order valence-electron chi connectivity index (χ0n) is 21.2. The van der Waals surface area contributed by atoms with E-state index in [1.165, 1.54) is 44.7 Å². The predicted octanol–water partition coefficient (Wildman–Crippen LogP) is 4.53. The number of nitrogens with zero attached hydrogens (tertiary/aromatic N) is 4. The lowest BCUT2D eigenvalue weighted by molar-refractivity contribution is -0.385. The van der Waals surface area contributed by atoms with E-state index in [0.29, 0.717) is 46.5 Å². The molecule has 1 heterocycles. The van der Waals surface area contributed by atoms with Gasteiger partial charge in [0, 0.05) is 43.8 Å². The van der Waals surface area contributed by atoms with Crippen molar-refractivity contribution in [3.8, 4) is 17.2 Å². The Kier molecular flexibility index (Phi) is 10.1. The maximum atomic E-state index is 13.1. The third kappa shape index (κ3) is 6.80. The number of benzene rings is 2. The fourth-order valence-corrected chi connectivity index (χ4v) is 4.18. The maximum Gasteiger partial charge on any atom is 0.276 e. The van der Waals surface area contributed by atoms with E-state index in [-0.39, 0.29) is 41.1 Å². The minimum absolute atomic E-state index is 0.110. The molecule has 0 saturated carbocycles. The van der Waals surface area contributed by atoms with Crippen LogP contribution in [0.3, 0.4) is 0 Å². The van der Waals surface area contributed by atoms with Gasteiger partial charge in [0.05, 0.1) is 54.0 Å². The van der Waals surface area contributed by atoms with Crippen LogP contribution in [-0.4, -0.2) is 62.4 Å². The van der Waals surface area contributed by atoms with E-state index in [0.717, 1.165) is 0 Å². The molecule has 13 heteroatoms. The van der Waals surface area contributed by atoms with Crippen LogP contribution in [-0.2, 0) is 22.4 Å². The van der Waals surface area contributed by atoms with Crippen molar-refractivity contribution in [1.29, 1.82) is 0 Å². The van der Waals surface area contributed by atoms with E-state index in [9.17, 15) is 14.9 Å². The average Bonchev–Trinajstić information content (AvgIpc) is 2.91. The highest BCUT2D eigenvalue weighted by molar-refractivity contribution is 6.38. The van der Waals surface area contributed by atoms with Gasteiger partial charge in [0.15, 0.2) is 0 Å². The summed E-state index contributed by atoms with van der Waals surface area (Å²) in [4.78, 5) is 34.1. The summed E-state index contributed by atoms with van der Waals surface area (Å²) in [5.41, 5.74) is 1.14. The Morgan fingerprint density at radius 3 is 2.32 bits per heavy atom. The fraction of sp³-hybridized carbons (Fsp3) is 0.320. The second-order valence-electron chi connectivity index (χ2n) is 7.95. The third-order valence-electron chi connectivity index (χ3n) is 5.60. The van der Waals surface area contributed by atoms with Gasteiger partial charge in [-0.25, -0.2) is 9.97 Å². The molecule has 0 radical (unpaired) electrons. The Balaban J connectivity index is 1.82. The molecule has 2 aromatic carbocycles. The molecular formula is C25H26Cl2N4O7. The molecule has 1 amide bonds. The number of methoxy groups -OCH3 is 3. The van der Waals surface area contributed by atoms with E-state index in [1.807, 2.05) is 0 Å². The van der Waals surface area contributed by atoms with Crippen molar-refractivity contribution in [3.05, 3.63) is 73.6 Å². The highest BCUT2D eigenvalue weighted by Gasteiger charge is 2.23. The summed E-state index contributed by atoms with van der Waals surface area (Å²) in [6, 6.07) is 7.73. The van der Waals surface area contributed by atoms with Crippen molar-refractivity contribution in [3.63, 3.8) is 0 Å². The van der Waals surface area contributed by atoms with Gasteiger partial charge in [-0.3, -0.25) is 19.8 Å². The summed E-state index contributed by atoms with van der Waals surface area (Å²) in [5, 5.41) is 12.1. The van der Waals surface area contributed by atoms with Crippen molar-refractivity contribution in [2.45, 2.75) is 12.8 Å². The standard InChI is InChI=1S/C25H26Cl2N4O7/c1-30(23(32)12-18-24(26)20(36-3)13-21(37-4)25(18)27)22-10-16(28-14-29-22)9-15-5-6-17(38-8-7-35-2)11-19(15)31(33)34/h5-6,10-11,13-14H,7-9,12H2,1-4H3. The molecule has 0 fully saturated rings. The van der Waals surface area contributed by atoms with Gasteiger partial charge in [-0.2, -0.15) is 0 Å². The van der Waals surface area contributed by atoms with Crippen LogP contribution in [0.5, 0.6) is 17.2 Å². The van der Waals surface area contributed by atoms with Gasteiger partial charge in [0.2, 0.25) is 5.91 Å². The average molecular weight is 565 g/mol. The highest BCUT2D eigenvalue weighted by atomic mass is 35.5. The fourth-order valence-electron chi connectivity index (χ4n) is 3.55. The van der Waals surface area contributed by atoms with E-state index < -0.39 is 4.92 Å². The number of rotatable bonds is 12. The number of likely N-dealkylation sites (N-methyl/N-ethyl adjacent to an activating group) is 1. The number of nitro groups is 1. The SMILES string of the molecule is COCCOc1ccc(Cc2cc(N(C)C(=O)Cc3c(Cl)c(OC)cc(OC)c3Cl)ncn2)c([N+](=O)[O-])c1. The minimum Gasteiger partial charge on any atom is -0.495 e. The van der Waals surface area contributed by atoms with E-state index >= 15 is 0 Å². The molecule has 0 aliphatic rings. The van der Waals surface area contributed by atoms with Gasteiger partial charge in [-0.05, 0) is 12.1 Å². The summed E-state index contributed by atoms with van der Waals surface area (Å²) in [6.07, 6.45) is 1.27. The number of carbonyl (C=O) groups is 1. The van der Waals surface area contributed by atoms with Crippen LogP contribution in [0.25, 0.3) is 0 Å². The van der Waals surface area contributed by atoms with Crippen molar-refractivity contribution in [2.24, 2.45) is 0 Å². The smallest absolute Gasteiger partial charge is 0.276 e. The van der Waals surface area contributed by atoms with Crippen molar-refractivity contribution >= 4 is 40.6 Å². The van der Waals surface area contributed by atoms with Gasteiger partial charge in [-0.1, -0.05) is 23.2 Å². The first kappa shape index (κ1) is 28.9. The van der Waals surface area contributed by atoms with Crippen molar-refractivity contribution in [2.75, 3.05) is 46.5 Å². The monoisotopic (exact) mass is 564 g/mol. The number of hydrogen-bond donors (Lipinski definition) is 0. The van der Waals surface area contributed by atoms with E-state index in [4.69, 9.17) is 42.1 Å². The topological polar surface area (TPSA) is 126 Å². The molecule has 0 aliphatic heterocycles. The first-order chi connectivity index (χ1) is 18.2. The molecule has 11 nitrogen and oxygen atoms in total. The van der Waals surface area contributed by atoms with Crippen LogP contribution in [0.4, 0.5) is 11.5 Å². The van der Waals surface area contributed by atoms with Gasteiger partial charge in [-0.15, -0.1) is 0 Å². The molecule has 3 rings (SSSR count). The van der Waals surface area contributed by atoms with Crippen LogP contribution in [0.15, 0.2) is 36.7 Å². The van der Waals surface area contributed by atoms with Gasteiger partial charge in [0.25, 0.3) is 5.69 Å². The van der Waals surface area contributed by atoms with Gasteiger partial charge >= 0.3 is 0 Å². The number of aromatic nitrogens is 2. The lowest BCUT2D eigenvalue weighted by Gasteiger charge is -2.19. The number of anilines is 1. The Bertz CT molecular complexity index is 1290. The zero-order valence-corrected chi connectivity index (χ0v) is 22.7. The first-order valence-electron chi connectivity index (χ1n) is 11.3.